The topological polar surface area (TPSA) is 49.8 Å². The van der Waals surface area contributed by atoms with Crippen molar-refractivity contribution in [1.82, 2.24) is 4.90 Å². The summed E-state index contributed by atoms with van der Waals surface area (Å²) in [5.41, 5.74) is 0. The highest BCUT2D eigenvalue weighted by atomic mass is 16.5. The fourth-order valence-corrected chi connectivity index (χ4v) is 1.77. The summed E-state index contributed by atoms with van der Waals surface area (Å²) in [6.45, 7) is 4.34. The van der Waals surface area contributed by atoms with Crippen molar-refractivity contribution in [2.45, 2.75) is 38.6 Å². The lowest BCUT2D eigenvalue weighted by Gasteiger charge is -2.24. The van der Waals surface area contributed by atoms with E-state index in [9.17, 15) is 4.79 Å². The third-order valence-corrected chi connectivity index (χ3v) is 2.60. The van der Waals surface area contributed by atoms with Gasteiger partial charge in [0.15, 0.2) is 0 Å². The number of carboxylic acids is 1. The summed E-state index contributed by atoms with van der Waals surface area (Å²) in [6, 6.07) is 0.162. The predicted molar refractivity (Wildman–Crippen MR) is 53.1 cm³/mol. The van der Waals surface area contributed by atoms with Gasteiger partial charge in [-0.1, -0.05) is 19.8 Å². The standard InChI is InChI=1S/C10H19NO3/c1-2-3-4-9(7-10(12)13)11-5-6-14-8-11/h9H,2-8H2,1H3,(H,12,13). The molecule has 1 heterocycles. The largest absolute Gasteiger partial charge is 0.481 e. The van der Waals surface area contributed by atoms with Crippen LogP contribution in [0.2, 0.25) is 0 Å². The van der Waals surface area contributed by atoms with Gasteiger partial charge in [-0.3, -0.25) is 9.69 Å². The highest BCUT2D eigenvalue weighted by Gasteiger charge is 2.23. The maximum Gasteiger partial charge on any atom is 0.304 e. The molecule has 0 aliphatic carbocycles. The van der Waals surface area contributed by atoms with Crippen LogP contribution in [0.15, 0.2) is 0 Å². The summed E-state index contributed by atoms with van der Waals surface area (Å²) in [6.07, 6.45) is 3.41. The molecule has 1 fully saturated rings. The van der Waals surface area contributed by atoms with E-state index < -0.39 is 5.97 Å². The molecule has 82 valence electrons. The van der Waals surface area contributed by atoms with Crippen LogP contribution in [0.25, 0.3) is 0 Å². The number of hydrogen-bond acceptors (Lipinski definition) is 3. The minimum Gasteiger partial charge on any atom is -0.481 e. The molecule has 0 amide bonds. The van der Waals surface area contributed by atoms with E-state index in [0.29, 0.717) is 6.73 Å². The fraction of sp³-hybridized carbons (Fsp3) is 0.900. The van der Waals surface area contributed by atoms with Crippen LogP contribution >= 0.6 is 0 Å². The monoisotopic (exact) mass is 201 g/mol. The molecule has 4 nitrogen and oxygen atoms in total. The van der Waals surface area contributed by atoms with Crippen LogP contribution in [0.3, 0.4) is 0 Å². The Morgan fingerprint density at radius 3 is 2.93 bits per heavy atom. The van der Waals surface area contributed by atoms with Crippen molar-refractivity contribution in [3.63, 3.8) is 0 Å². The van der Waals surface area contributed by atoms with Crippen molar-refractivity contribution in [1.29, 1.82) is 0 Å². The Morgan fingerprint density at radius 2 is 2.43 bits per heavy atom. The number of ether oxygens (including phenoxy) is 1. The van der Waals surface area contributed by atoms with Gasteiger partial charge >= 0.3 is 5.97 Å². The first-order valence-corrected chi connectivity index (χ1v) is 5.27. The Kier molecular flexibility index (Phi) is 4.90. The Balaban J connectivity index is 2.37. The number of aliphatic carboxylic acids is 1. The first-order chi connectivity index (χ1) is 6.74. The summed E-state index contributed by atoms with van der Waals surface area (Å²) in [4.78, 5) is 12.8. The molecule has 0 aromatic rings. The Bertz CT molecular complexity index is 178. The zero-order valence-corrected chi connectivity index (χ0v) is 8.74. The van der Waals surface area contributed by atoms with Crippen LogP contribution in [0.4, 0.5) is 0 Å². The van der Waals surface area contributed by atoms with Crippen molar-refractivity contribution in [3.8, 4) is 0 Å². The Morgan fingerprint density at radius 1 is 1.64 bits per heavy atom. The predicted octanol–water partition coefficient (Wildman–Crippen LogP) is 1.31. The van der Waals surface area contributed by atoms with Gasteiger partial charge in [0.1, 0.15) is 0 Å². The van der Waals surface area contributed by atoms with Gasteiger partial charge in [0.25, 0.3) is 0 Å². The van der Waals surface area contributed by atoms with E-state index in [1.807, 2.05) is 0 Å². The second kappa shape index (κ2) is 5.98. The lowest BCUT2D eigenvalue weighted by atomic mass is 10.1. The molecule has 0 radical (unpaired) electrons. The van der Waals surface area contributed by atoms with E-state index >= 15 is 0 Å². The first-order valence-electron chi connectivity index (χ1n) is 5.27. The molecule has 1 aliphatic rings. The van der Waals surface area contributed by atoms with Crippen molar-refractivity contribution in [3.05, 3.63) is 0 Å². The molecular weight excluding hydrogens is 182 g/mol. The molecule has 1 unspecified atom stereocenters. The van der Waals surface area contributed by atoms with Crippen LogP contribution in [0, 0.1) is 0 Å². The summed E-state index contributed by atoms with van der Waals surface area (Å²) < 4.78 is 5.23. The minimum atomic E-state index is -0.710. The number of unbranched alkanes of at least 4 members (excludes halogenated alkanes) is 1. The smallest absolute Gasteiger partial charge is 0.304 e. The van der Waals surface area contributed by atoms with Crippen LogP contribution in [0.1, 0.15) is 32.6 Å². The summed E-state index contributed by atoms with van der Waals surface area (Å²) in [5, 5.41) is 8.78. The van der Waals surface area contributed by atoms with Gasteiger partial charge in [0, 0.05) is 12.6 Å². The van der Waals surface area contributed by atoms with Crippen LogP contribution in [-0.2, 0) is 9.53 Å². The molecule has 1 rings (SSSR count). The Hall–Kier alpha value is -0.610. The van der Waals surface area contributed by atoms with Crippen molar-refractivity contribution in [2.75, 3.05) is 19.9 Å². The molecule has 0 aromatic heterocycles. The zero-order chi connectivity index (χ0) is 10.4. The second-order valence-electron chi connectivity index (χ2n) is 3.74. The molecule has 0 spiro atoms. The molecule has 1 aliphatic heterocycles. The van der Waals surface area contributed by atoms with E-state index in [0.717, 1.165) is 32.4 Å². The SMILES string of the molecule is CCCCC(CC(=O)O)N1CCOC1. The van der Waals surface area contributed by atoms with Gasteiger partial charge in [-0.05, 0) is 6.42 Å². The molecule has 0 bridgehead atoms. The van der Waals surface area contributed by atoms with Gasteiger partial charge in [-0.2, -0.15) is 0 Å². The summed E-state index contributed by atoms with van der Waals surface area (Å²) in [7, 11) is 0. The minimum absolute atomic E-state index is 0.162. The van der Waals surface area contributed by atoms with Gasteiger partial charge in [0.05, 0.1) is 19.8 Å². The third-order valence-electron chi connectivity index (χ3n) is 2.60. The van der Waals surface area contributed by atoms with E-state index in [2.05, 4.69) is 11.8 Å². The van der Waals surface area contributed by atoms with Gasteiger partial charge in [-0.25, -0.2) is 0 Å². The first kappa shape index (κ1) is 11.5. The summed E-state index contributed by atoms with van der Waals surface area (Å²) >= 11 is 0. The van der Waals surface area contributed by atoms with Gasteiger partial charge in [0.2, 0.25) is 0 Å². The average molecular weight is 201 g/mol. The molecule has 0 aromatic carbocycles. The van der Waals surface area contributed by atoms with Crippen molar-refractivity contribution in [2.24, 2.45) is 0 Å². The van der Waals surface area contributed by atoms with E-state index in [4.69, 9.17) is 9.84 Å². The molecule has 1 saturated heterocycles. The molecule has 14 heavy (non-hydrogen) atoms. The summed E-state index contributed by atoms with van der Waals surface area (Å²) in [5.74, 6) is -0.710. The maximum absolute atomic E-state index is 10.7. The van der Waals surface area contributed by atoms with Gasteiger partial charge in [-0.15, -0.1) is 0 Å². The molecular formula is C10H19NO3. The second-order valence-corrected chi connectivity index (χ2v) is 3.74. The fourth-order valence-electron chi connectivity index (χ4n) is 1.77. The zero-order valence-electron chi connectivity index (χ0n) is 8.74. The van der Waals surface area contributed by atoms with Crippen LogP contribution < -0.4 is 0 Å². The third kappa shape index (κ3) is 3.64. The normalized spacial score (nSPS) is 19.8. The van der Waals surface area contributed by atoms with Crippen LogP contribution in [-0.4, -0.2) is 41.9 Å². The van der Waals surface area contributed by atoms with E-state index in [1.54, 1.807) is 0 Å². The molecule has 1 atom stereocenters. The number of carbonyl (C=O) groups is 1. The molecule has 4 heteroatoms. The maximum atomic E-state index is 10.7. The quantitative estimate of drug-likeness (QED) is 0.704. The van der Waals surface area contributed by atoms with E-state index in [1.165, 1.54) is 0 Å². The van der Waals surface area contributed by atoms with E-state index in [-0.39, 0.29) is 12.5 Å². The molecule has 1 N–H and O–H groups in total. The highest BCUT2D eigenvalue weighted by molar-refractivity contribution is 5.67. The number of nitrogens with zero attached hydrogens (tertiary/aromatic N) is 1. The van der Waals surface area contributed by atoms with Crippen molar-refractivity contribution < 1.29 is 14.6 Å². The van der Waals surface area contributed by atoms with Crippen molar-refractivity contribution >= 4 is 5.97 Å². The number of hydrogen-bond donors (Lipinski definition) is 1. The lowest BCUT2D eigenvalue weighted by molar-refractivity contribution is -0.138. The highest BCUT2D eigenvalue weighted by Crippen LogP contribution is 2.15. The average Bonchev–Trinajstić information content (AvgIpc) is 2.64. The Labute approximate surface area is 84.8 Å². The number of carboxylic acid groups (broad SMARTS) is 1. The van der Waals surface area contributed by atoms with Crippen LogP contribution in [0.5, 0.6) is 0 Å². The molecule has 0 saturated carbocycles. The lowest BCUT2D eigenvalue weighted by Crippen LogP contribution is -2.35. The number of rotatable bonds is 6. The van der Waals surface area contributed by atoms with Gasteiger partial charge < -0.3 is 9.84 Å².